The van der Waals surface area contributed by atoms with Crippen molar-refractivity contribution in [1.82, 2.24) is 20.9 Å². The predicted octanol–water partition coefficient (Wildman–Crippen LogP) is 1.01. The highest BCUT2D eigenvalue weighted by Crippen LogP contribution is 2.40. The van der Waals surface area contributed by atoms with E-state index < -0.39 is 35.9 Å². The van der Waals surface area contributed by atoms with E-state index in [0.29, 0.717) is 32.4 Å². The molecule has 0 bridgehead atoms. The molecule has 0 radical (unpaired) electrons. The number of rotatable bonds is 9. The lowest BCUT2D eigenvalue weighted by Crippen LogP contribution is -2.55. The number of piperazine rings is 1. The summed E-state index contributed by atoms with van der Waals surface area (Å²) in [5, 5.41) is 17.6. The number of carbonyl (C=O) groups excluding carboxylic acids is 4. The Morgan fingerprint density at radius 2 is 1.72 bits per heavy atom. The Kier molecular flexibility index (Phi) is 11.3. The van der Waals surface area contributed by atoms with E-state index >= 15 is 0 Å². The van der Waals surface area contributed by atoms with Crippen molar-refractivity contribution in [3.05, 3.63) is 35.9 Å². The maximum atomic E-state index is 13.4. The number of fused-ring (bicyclic) bond motifs is 1. The maximum Gasteiger partial charge on any atom is 0.326 e. The normalized spacial score (nSPS) is 23.7. The SMILES string of the molecule is CCOC(=O)[C@H](CCc1ccccc1)N[C@@H](C)C(=O)N1[C@H](C(=O)O)C[C@H]2CCCC[C@@H]21.O=C1NCCNC1=O. The second kappa shape index (κ2) is 14.6. The second-order valence-corrected chi connectivity index (χ2v) is 10.2. The molecule has 3 aliphatic rings. The highest BCUT2D eigenvalue weighted by molar-refractivity contribution is 6.35. The van der Waals surface area contributed by atoms with Crippen LogP contribution in [0.3, 0.4) is 0 Å². The van der Waals surface area contributed by atoms with Gasteiger partial charge in [0.2, 0.25) is 5.91 Å². The lowest BCUT2D eigenvalue weighted by molar-refractivity contribution is -0.152. The number of carbonyl (C=O) groups is 5. The first kappa shape index (κ1) is 30.1. The number of esters is 1. The number of hydrogen-bond donors (Lipinski definition) is 4. The average molecular weight is 545 g/mol. The summed E-state index contributed by atoms with van der Waals surface area (Å²) in [6.07, 6.45) is 5.62. The maximum absolute atomic E-state index is 13.4. The fourth-order valence-electron chi connectivity index (χ4n) is 5.57. The largest absolute Gasteiger partial charge is 0.480 e. The first-order chi connectivity index (χ1) is 18.7. The number of carboxylic acids is 1. The lowest BCUT2D eigenvalue weighted by atomic mass is 9.84. The van der Waals surface area contributed by atoms with Gasteiger partial charge in [0.15, 0.2) is 0 Å². The van der Waals surface area contributed by atoms with Gasteiger partial charge < -0.3 is 25.4 Å². The zero-order valence-electron chi connectivity index (χ0n) is 22.7. The molecule has 2 saturated heterocycles. The number of aliphatic carboxylic acids is 1. The summed E-state index contributed by atoms with van der Waals surface area (Å²) in [5.74, 6) is -2.38. The van der Waals surface area contributed by atoms with Crippen LogP contribution in [0, 0.1) is 5.92 Å². The molecule has 11 heteroatoms. The van der Waals surface area contributed by atoms with Crippen molar-refractivity contribution in [3.63, 3.8) is 0 Å². The minimum absolute atomic E-state index is 0.0167. The van der Waals surface area contributed by atoms with E-state index in [1.165, 1.54) is 0 Å². The number of nitrogens with one attached hydrogen (secondary N) is 3. The van der Waals surface area contributed by atoms with Crippen molar-refractivity contribution in [2.24, 2.45) is 5.92 Å². The van der Waals surface area contributed by atoms with Crippen LogP contribution < -0.4 is 16.0 Å². The molecule has 39 heavy (non-hydrogen) atoms. The highest BCUT2D eigenvalue weighted by atomic mass is 16.5. The zero-order chi connectivity index (χ0) is 28.4. The number of ether oxygens (including phenoxy) is 1. The van der Waals surface area contributed by atoms with Gasteiger partial charge in [0, 0.05) is 19.1 Å². The van der Waals surface area contributed by atoms with Crippen molar-refractivity contribution >= 4 is 29.7 Å². The van der Waals surface area contributed by atoms with Gasteiger partial charge in [-0.3, -0.25) is 24.5 Å². The number of aryl methyl sites for hydroxylation is 1. The molecule has 2 aliphatic heterocycles. The van der Waals surface area contributed by atoms with Crippen molar-refractivity contribution in [3.8, 4) is 0 Å². The van der Waals surface area contributed by atoms with Crippen molar-refractivity contribution in [1.29, 1.82) is 0 Å². The molecule has 1 aromatic carbocycles. The third kappa shape index (κ3) is 8.26. The molecule has 3 fully saturated rings. The third-order valence-electron chi connectivity index (χ3n) is 7.49. The molecule has 0 spiro atoms. The van der Waals surface area contributed by atoms with Crippen LogP contribution in [0.25, 0.3) is 0 Å². The third-order valence-corrected chi connectivity index (χ3v) is 7.49. The molecule has 1 saturated carbocycles. The van der Waals surface area contributed by atoms with Crippen LogP contribution in [0.1, 0.15) is 57.9 Å². The van der Waals surface area contributed by atoms with Crippen LogP contribution in [0.5, 0.6) is 0 Å². The molecule has 4 rings (SSSR count). The van der Waals surface area contributed by atoms with Crippen molar-refractivity contribution in [2.45, 2.75) is 83.0 Å². The number of benzene rings is 1. The Hall–Kier alpha value is -3.47. The lowest BCUT2D eigenvalue weighted by Gasteiger charge is -2.35. The van der Waals surface area contributed by atoms with E-state index in [-0.39, 0.29) is 30.4 Å². The predicted molar refractivity (Wildman–Crippen MR) is 142 cm³/mol. The van der Waals surface area contributed by atoms with Crippen LogP contribution in [0.2, 0.25) is 0 Å². The van der Waals surface area contributed by atoms with Crippen molar-refractivity contribution in [2.75, 3.05) is 19.7 Å². The summed E-state index contributed by atoms with van der Waals surface area (Å²) < 4.78 is 5.22. The molecule has 0 aromatic heterocycles. The van der Waals surface area contributed by atoms with Gasteiger partial charge in [0.1, 0.15) is 12.1 Å². The Labute approximate surface area is 229 Å². The Bertz CT molecular complexity index is 1000. The van der Waals surface area contributed by atoms with Gasteiger partial charge in [-0.15, -0.1) is 0 Å². The Balaban J connectivity index is 0.000000449. The highest BCUT2D eigenvalue weighted by Gasteiger charge is 2.48. The Morgan fingerprint density at radius 3 is 2.31 bits per heavy atom. The van der Waals surface area contributed by atoms with Gasteiger partial charge in [-0.2, -0.15) is 0 Å². The minimum Gasteiger partial charge on any atom is -0.480 e. The monoisotopic (exact) mass is 544 g/mol. The molecule has 3 amide bonds. The first-order valence-corrected chi connectivity index (χ1v) is 13.8. The minimum atomic E-state index is -0.944. The number of carboxylic acid groups (broad SMARTS) is 1. The van der Waals surface area contributed by atoms with E-state index in [2.05, 4.69) is 16.0 Å². The average Bonchev–Trinajstić information content (AvgIpc) is 3.33. The van der Waals surface area contributed by atoms with Gasteiger partial charge in [-0.25, -0.2) is 4.79 Å². The van der Waals surface area contributed by atoms with Crippen LogP contribution in [-0.4, -0.2) is 83.5 Å². The van der Waals surface area contributed by atoms with E-state index in [4.69, 9.17) is 4.74 Å². The molecule has 4 N–H and O–H groups in total. The van der Waals surface area contributed by atoms with Crippen LogP contribution in [0.15, 0.2) is 30.3 Å². The fraction of sp³-hybridized carbons (Fsp3) is 0.607. The summed E-state index contributed by atoms with van der Waals surface area (Å²) in [7, 11) is 0. The first-order valence-electron chi connectivity index (χ1n) is 13.8. The second-order valence-electron chi connectivity index (χ2n) is 10.2. The molecule has 1 aromatic rings. The van der Waals surface area contributed by atoms with E-state index in [0.717, 1.165) is 31.2 Å². The van der Waals surface area contributed by atoms with Crippen LogP contribution >= 0.6 is 0 Å². The molecule has 2 heterocycles. The summed E-state index contributed by atoms with van der Waals surface area (Å²) in [6.45, 7) is 4.83. The summed E-state index contributed by atoms with van der Waals surface area (Å²) in [6, 6.07) is 7.75. The fourth-order valence-corrected chi connectivity index (χ4v) is 5.57. The van der Waals surface area contributed by atoms with Crippen molar-refractivity contribution < 1.29 is 33.8 Å². The quantitative estimate of drug-likeness (QED) is 0.265. The molecule has 11 nitrogen and oxygen atoms in total. The van der Waals surface area contributed by atoms with Gasteiger partial charge in [-0.05, 0) is 57.4 Å². The van der Waals surface area contributed by atoms with Gasteiger partial charge in [0.25, 0.3) is 0 Å². The van der Waals surface area contributed by atoms with Gasteiger partial charge in [0.05, 0.1) is 12.6 Å². The molecule has 5 atom stereocenters. The summed E-state index contributed by atoms with van der Waals surface area (Å²) in [5.41, 5.74) is 1.10. The number of likely N-dealkylation sites (tertiary alicyclic amines) is 1. The summed E-state index contributed by atoms with van der Waals surface area (Å²) >= 11 is 0. The Morgan fingerprint density at radius 1 is 1.08 bits per heavy atom. The molecule has 214 valence electrons. The molecule has 1 aliphatic carbocycles. The smallest absolute Gasteiger partial charge is 0.326 e. The van der Waals surface area contributed by atoms with E-state index in [1.807, 2.05) is 30.3 Å². The molecular formula is C28H40N4O7. The van der Waals surface area contributed by atoms with Gasteiger partial charge >= 0.3 is 23.8 Å². The molecular weight excluding hydrogens is 504 g/mol. The summed E-state index contributed by atoms with van der Waals surface area (Å²) in [4.78, 5) is 59.9. The standard InChI is InChI=1S/C24H34N2O5.C4H6N2O2/c1-3-31-24(30)19(14-13-17-9-5-4-6-10-17)25-16(2)22(27)26-20-12-8-7-11-18(20)15-21(26)23(28)29;7-3-4(8)6-2-1-5-3/h4-6,9-10,16,18-21,25H,3,7-8,11-15H2,1-2H3,(H,28,29);1-2H2,(H,5,7)(H,6,8)/t16-,18+,19-,20-,21-;/m0./s1. The van der Waals surface area contributed by atoms with Crippen LogP contribution in [-0.2, 0) is 35.1 Å². The zero-order valence-corrected chi connectivity index (χ0v) is 22.7. The number of hydrogen-bond acceptors (Lipinski definition) is 7. The topological polar surface area (TPSA) is 154 Å². The number of nitrogens with zero attached hydrogens (tertiary/aromatic N) is 1. The van der Waals surface area contributed by atoms with E-state index in [9.17, 15) is 29.1 Å². The van der Waals surface area contributed by atoms with E-state index in [1.54, 1.807) is 18.7 Å². The van der Waals surface area contributed by atoms with Crippen LogP contribution in [0.4, 0.5) is 0 Å². The van der Waals surface area contributed by atoms with Gasteiger partial charge in [-0.1, -0.05) is 43.2 Å². The molecule has 0 unspecified atom stereocenters. The number of amides is 3.